The third-order valence-electron chi connectivity index (χ3n) is 3.51. The zero-order chi connectivity index (χ0) is 11.4. The van der Waals surface area contributed by atoms with Gasteiger partial charge in [-0.2, -0.15) is 0 Å². The lowest BCUT2D eigenvalue weighted by molar-refractivity contribution is -0.128. The number of rotatable bonds is 3. The molecule has 1 aromatic carbocycles. The smallest absolute Gasteiger partial charge is 0.145 e. The van der Waals surface area contributed by atoms with Crippen LogP contribution in [0.15, 0.2) is 30.3 Å². The zero-order valence-electron chi connectivity index (χ0n) is 9.74. The van der Waals surface area contributed by atoms with Crippen molar-refractivity contribution in [2.75, 3.05) is 13.7 Å². The molecule has 1 aliphatic rings. The van der Waals surface area contributed by atoms with Crippen LogP contribution < -0.4 is 0 Å². The van der Waals surface area contributed by atoms with E-state index < -0.39 is 0 Å². The third kappa shape index (κ3) is 1.90. The molecule has 0 heterocycles. The Morgan fingerprint density at radius 1 is 1.25 bits per heavy atom. The molecule has 0 amide bonds. The van der Waals surface area contributed by atoms with Gasteiger partial charge in [-0.15, -0.1) is 0 Å². The second kappa shape index (κ2) is 4.79. The van der Waals surface area contributed by atoms with E-state index in [1.165, 1.54) is 0 Å². The van der Waals surface area contributed by atoms with Gasteiger partial charge in [0, 0.05) is 13.5 Å². The first kappa shape index (κ1) is 11.3. The van der Waals surface area contributed by atoms with E-state index in [4.69, 9.17) is 4.74 Å². The highest BCUT2D eigenvalue weighted by Crippen LogP contribution is 2.36. The summed E-state index contributed by atoms with van der Waals surface area (Å²) in [6.45, 7) is 0.510. The van der Waals surface area contributed by atoms with Gasteiger partial charge in [-0.05, 0) is 18.4 Å². The molecule has 1 aromatic rings. The predicted molar refractivity (Wildman–Crippen MR) is 63.5 cm³/mol. The van der Waals surface area contributed by atoms with Crippen LogP contribution in [0.3, 0.4) is 0 Å². The lowest BCUT2D eigenvalue weighted by atomic mass is 9.69. The first-order valence-electron chi connectivity index (χ1n) is 5.87. The van der Waals surface area contributed by atoms with Crippen LogP contribution >= 0.6 is 0 Å². The molecule has 0 unspecified atom stereocenters. The fraction of sp³-hybridized carbons (Fsp3) is 0.500. The van der Waals surface area contributed by atoms with Crippen molar-refractivity contribution in [3.8, 4) is 0 Å². The molecule has 2 nitrogen and oxygen atoms in total. The number of methoxy groups -OCH3 is 1. The van der Waals surface area contributed by atoms with Crippen molar-refractivity contribution in [3.63, 3.8) is 0 Å². The Hall–Kier alpha value is -1.15. The molecule has 1 aliphatic carbocycles. The summed E-state index contributed by atoms with van der Waals surface area (Å²) in [5, 5.41) is 0. The molecule has 0 aromatic heterocycles. The molecule has 0 N–H and O–H groups in total. The van der Waals surface area contributed by atoms with Gasteiger partial charge in [-0.25, -0.2) is 0 Å². The third-order valence-corrected chi connectivity index (χ3v) is 3.51. The molecule has 0 radical (unpaired) electrons. The summed E-state index contributed by atoms with van der Waals surface area (Å²) < 4.78 is 5.29. The average molecular weight is 218 g/mol. The van der Waals surface area contributed by atoms with Crippen molar-refractivity contribution < 1.29 is 9.53 Å². The summed E-state index contributed by atoms with van der Waals surface area (Å²) in [7, 11) is 1.67. The van der Waals surface area contributed by atoms with Crippen LogP contribution in [-0.4, -0.2) is 19.5 Å². The molecule has 0 aliphatic heterocycles. The fourth-order valence-corrected chi connectivity index (χ4v) is 2.64. The van der Waals surface area contributed by atoms with Gasteiger partial charge >= 0.3 is 0 Å². The van der Waals surface area contributed by atoms with Crippen LogP contribution in [-0.2, 0) is 14.9 Å². The summed E-state index contributed by atoms with van der Waals surface area (Å²) in [5.41, 5.74) is 0.732. The summed E-state index contributed by atoms with van der Waals surface area (Å²) >= 11 is 0. The minimum Gasteiger partial charge on any atom is -0.383 e. The van der Waals surface area contributed by atoms with Gasteiger partial charge in [0.1, 0.15) is 5.78 Å². The first-order chi connectivity index (χ1) is 7.79. The number of ketones is 1. The summed E-state index contributed by atoms with van der Waals surface area (Å²) in [4.78, 5) is 12.2. The highest BCUT2D eigenvalue weighted by Gasteiger charge is 2.41. The summed E-state index contributed by atoms with van der Waals surface area (Å²) in [5.74, 6) is 0.340. The van der Waals surface area contributed by atoms with E-state index >= 15 is 0 Å². The molecular formula is C14H18O2. The van der Waals surface area contributed by atoms with Crippen molar-refractivity contribution in [2.24, 2.45) is 0 Å². The van der Waals surface area contributed by atoms with Gasteiger partial charge in [0.2, 0.25) is 0 Å². The molecule has 0 spiro atoms. The van der Waals surface area contributed by atoms with Crippen LogP contribution in [0, 0.1) is 0 Å². The Labute approximate surface area is 96.6 Å². The maximum atomic E-state index is 12.2. The van der Waals surface area contributed by atoms with Crippen LogP contribution in [0.1, 0.15) is 31.2 Å². The molecule has 1 atom stereocenters. The van der Waals surface area contributed by atoms with Crippen LogP contribution in [0.4, 0.5) is 0 Å². The Morgan fingerprint density at radius 3 is 2.62 bits per heavy atom. The number of hydrogen-bond donors (Lipinski definition) is 0. The molecule has 1 fully saturated rings. The normalized spacial score (nSPS) is 25.7. The highest BCUT2D eigenvalue weighted by molar-refractivity contribution is 5.91. The Balaban J connectivity index is 2.38. The summed E-state index contributed by atoms with van der Waals surface area (Å²) in [6, 6.07) is 10.1. The molecule has 2 rings (SSSR count). The molecule has 1 saturated carbocycles. The number of Topliss-reactive ketones (excluding diaryl/α,β-unsaturated/α-hetero) is 1. The average Bonchev–Trinajstić information content (AvgIpc) is 2.34. The van der Waals surface area contributed by atoms with Gasteiger partial charge in [-0.3, -0.25) is 4.79 Å². The molecular weight excluding hydrogens is 200 g/mol. The van der Waals surface area contributed by atoms with Gasteiger partial charge < -0.3 is 4.74 Å². The zero-order valence-corrected chi connectivity index (χ0v) is 9.74. The van der Waals surface area contributed by atoms with Gasteiger partial charge in [-0.1, -0.05) is 36.8 Å². The van der Waals surface area contributed by atoms with Crippen LogP contribution in [0.25, 0.3) is 0 Å². The lowest BCUT2D eigenvalue weighted by Crippen LogP contribution is -2.42. The van der Waals surface area contributed by atoms with E-state index in [1.807, 2.05) is 30.3 Å². The fourth-order valence-electron chi connectivity index (χ4n) is 2.64. The van der Waals surface area contributed by atoms with Crippen molar-refractivity contribution in [1.29, 1.82) is 0 Å². The summed E-state index contributed by atoms with van der Waals surface area (Å²) in [6.07, 6.45) is 3.75. The minimum atomic E-state index is -0.381. The quantitative estimate of drug-likeness (QED) is 0.779. The molecule has 16 heavy (non-hydrogen) atoms. The maximum absolute atomic E-state index is 12.2. The maximum Gasteiger partial charge on any atom is 0.145 e. The number of benzene rings is 1. The molecule has 86 valence electrons. The van der Waals surface area contributed by atoms with E-state index in [1.54, 1.807) is 7.11 Å². The number of ether oxygens (including phenoxy) is 1. The van der Waals surface area contributed by atoms with Crippen molar-refractivity contribution in [1.82, 2.24) is 0 Å². The topological polar surface area (TPSA) is 26.3 Å². The second-order valence-corrected chi connectivity index (χ2v) is 4.51. The van der Waals surface area contributed by atoms with E-state index in [0.717, 1.165) is 24.8 Å². The van der Waals surface area contributed by atoms with Crippen molar-refractivity contribution in [2.45, 2.75) is 31.1 Å². The minimum absolute atomic E-state index is 0.340. The van der Waals surface area contributed by atoms with E-state index in [-0.39, 0.29) is 5.41 Å². The van der Waals surface area contributed by atoms with E-state index in [0.29, 0.717) is 18.8 Å². The SMILES string of the molecule is COC[C@]1(c2ccccc2)CCCCC1=O. The second-order valence-electron chi connectivity index (χ2n) is 4.51. The largest absolute Gasteiger partial charge is 0.383 e. The predicted octanol–water partition coefficient (Wildman–Crippen LogP) is 2.71. The molecule has 0 saturated heterocycles. The number of hydrogen-bond acceptors (Lipinski definition) is 2. The van der Waals surface area contributed by atoms with E-state index in [9.17, 15) is 4.79 Å². The molecule has 2 heteroatoms. The standard InChI is InChI=1S/C14H18O2/c1-16-11-14(10-6-5-9-13(14)15)12-7-3-2-4-8-12/h2-4,7-8H,5-6,9-11H2,1H3/t14-/m0/s1. The van der Waals surface area contributed by atoms with Gasteiger partial charge in [0.25, 0.3) is 0 Å². The monoisotopic (exact) mass is 218 g/mol. The highest BCUT2D eigenvalue weighted by atomic mass is 16.5. The Kier molecular flexibility index (Phi) is 3.39. The number of carbonyl (C=O) groups is 1. The van der Waals surface area contributed by atoms with Crippen LogP contribution in [0.2, 0.25) is 0 Å². The van der Waals surface area contributed by atoms with Gasteiger partial charge in [0.05, 0.1) is 12.0 Å². The molecule has 0 bridgehead atoms. The van der Waals surface area contributed by atoms with E-state index in [2.05, 4.69) is 0 Å². The first-order valence-corrected chi connectivity index (χ1v) is 5.87. The Bertz CT molecular complexity index is 354. The van der Waals surface area contributed by atoms with Crippen molar-refractivity contribution in [3.05, 3.63) is 35.9 Å². The van der Waals surface area contributed by atoms with Gasteiger partial charge in [0.15, 0.2) is 0 Å². The Morgan fingerprint density at radius 2 is 2.00 bits per heavy atom. The van der Waals surface area contributed by atoms with Crippen molar-refractivity contribution >= 4 is 5.78 Å². The lowest BCUT2D eigenvalue weighted by Gasteiger charge is -2.35. The number of carbonyl (C=O) groups excluding carboxylic acids is 1. The van der Waals surface area contributed by atoms with Crippen LogP contribution in [0.5, 0.6) is 0 Å².